The summed E-state index contributed by atoms with van der Waals surface area (Å²) >= 11 is 0. The SMILES string of the molecule is Fc1ccc(CNc2cc(N3CCOCC3)ncn2)cc1. The monoisotopic (exact) mass is 288 g/mol. The average Bonchev–Trinajstić information content (AvgIpc) is 2.55. The van der Waals surface area contributed by atoms with Gasteiger partial charge in [-0.25, -0.2) is 14.4 Å². The van der Waals surface area contributed by atoms with Crippen LogP contribution in [0.2, 0.25) is 0 Å². The Kier molecular flexibility index (Phi) is 4.25. The van der Waals surface area contributed by atoms with E-state index in [1.807, 2.05) is 6.07 Å². The number of aromatic nitrogens is 2. The van der Waals surface area contributed by atoms with Gasteiger partial charge in [0.2, 0.25) is 0 Å². The number of hydrogen-bond donors (Lipinski definition) is 1. The van der Waals surface area contributed by atoms with E-state index in [4.69, 9.17) is 4.74 Å². The van der Waals surface area contributed by atoms with Crippen LogP contribution in [0.4, 0.5) is 16.0 Å². The van der Waals surface area contributed by atoms with Crippen LogP contribution in [0.25, 0.3) is 0 Å². The Morgan fingerprint density at radius 1 is 1.14 bits per heavy atom. The van der Waals surface area contributed by atoms with Crippen LogP contribution in [0, 0.1) is 5.82 Å². The van der Waals surface area contributed by atoms with Gasteiger partial charge in [-0.1, -0.05) is 12.1 Å². The van der Waals surface area contributed by atoms with Crippen molar-refractivity contribution in [1.82, 2.24) is 9.97 Å². The second-order valence-corrected chi connectivity index (χ2v) is 4.84. The summed E-state index contributed by atoms with van der Waals surface area (Å²) in [7, 11) is 0. The van der Waals surface area contributed by atoms with Crippen LogP contribution in [0.5, 0.6) is 0 Å². The van der Waals surface area contributed by atoms with Crippen molar-refractivity contribution in [1.29, 1.82) is 0 Å². The number of nitrogens with one attached hydrogen (secondary N) is 1. The van der Waals surface area contributed by atoms with Gasteiger partial charge >= 0.3 is 0 Å². The lowest BCUT2D eigenvalue weighted by molar-refractivity contribution is 0.122. The maximum absolute atomic E-state index is 12.9. The average molecular weight is 288 g/mol. The quantitative estimate of drug-likeness (QED) is 0.933. The first kappa shape index (κ1) is 13.8. The summed E-state index contributed by atoms with van der Waals surface area (Å²) in [4.78, 5) is 10.7. The van der Waals surface area contributed by atoms with Gasteiger partial charge in [0.1, 0.15) is 23.8 Å². The highest BCUT2D eigenvalue weighted by molar-refractivity contribution is 5.48. The molecule has 1 N–H and O–H groups in total. The zero-order chi connectivity index (χ0) is 14.5. The van der Waals surface area contributed by atoms with Crippen molar-refractivity contribution in [3.05, 3.63) is 48.0 Å². The minimum absolute atomic E-state index is 0.226. The molecule has 2 heterocycles. The Morgan fingerprint density at radius 2 is 1.90 bits per heavy atom. The molecule has 3 rings (SSSR count). The van der Waals surface area contributed by atoms with Gasteiger partial charge in [0.25, 0.3) is 0 Å². The fourth-order valence-electron chi connectivity index (χ4n) is 2.20. The lowest BCUT2D eigenvalue weighted by Crippen LogP contribution is -2.36. The first-order chi connectivity index (χ1) is 10.3. The highest BCUT2D eigenvalue weighted by Gasteiger charge is 2.12. The molecule has 1 fully saturated rings. The molecule has 110 valence electrons. The Balaban J connectivity index is 1.64. The molecule has 0 atom stereocenters. The van der Waals surface area contributed by atoms with Crippen LogP contribution in [0.15, 0.2) is 36.7 Å². The summed E-state index contributed by atoms with van der Waals surface area (Å²) < 4.78 is 18.2. The van der Waals surface area contributed by atoms with E-state index in [1.165, 1.54) is 12.1 Å². The molecule has 0 aliphatic carbocycles. The lowest BCUT2D eigenvalue weighted by atomic mass is 10.2. The van der Waals surface area contributed by atoms with Crippen LogP contribution in [0.1, 0.15) is 5.56 Å². The predicted octanol–water partition coefficient (Wildman–Crippen LogP) is 2.06. The number of ether oxygens (including phenoxy) is 1. The Labute approximate surface area is 122 Å². The third-order valence-corrected chi connectivity index (χ3v) is 3.37. The van der Waals surface area contributed by atoms with Crippen molar-refractivity contribution >= 4 is 11.6 Å². The van der Waals surface area contributed by atoms with Gasteiger partial charge in [-0.2, -0.15) is 0 Å². The van der Waals surface area contributed by atoms with E-state index in [9.17, 15) is 4.39 Å². The van der Waals surface area contributed by atoms with Crippen molar-refractivity contribution in [3.8, 4) is 0 Å². The van der Waals surface area contributed by atoms with Crippen LogP contribution in [-0.2, 0) is 11.3 Å². The highest BCUT2D eigenvalue weighted by Crippen LogP contribution is 2.16. The van der Waals surface area contributed by atoms with Crippen molar-refractivity contribution in [2.75, 3.05) is 36.5 Å². The normalized spacial score (nSPS) is 15.0. The number of rotatable bonds is 4. The number of hydrogen-bond acceptors (Lipinski definition) is 5. The third-order valence-electron chi connectivity index (χ3n) is 3.37. The molecule has 21 heavy (non-hydrogen) atoms. The molecule has 1 aliphatic rings. The first-order valence-corrected chi connectivity index (χ1v) is 6.94. The van der Waals surface area contributed by atoms with Gasteiger partial charge in [-0.3, -0.25) is 0 Å². The molecule has 0 bridgehead atoms. The molecule has 0 amide bonds. The molecule has 1 aromatic heterocycles. The van der Waals surface area contributed by atoms with E-state index in [2.05, 4.69) is 20.2 Å². The van der Waals surface area contributed by atoms with E-state index >= 15 is 0 Å². The smallest absolute Gasteiger partial charge is 0.134 e. The summed E-state index contributed by atoms with van der Waals surface area (Å²) in [6.45, 7) is 3.73. The second-order valence-electron chi connectivity index (χ2n) is 4.84. The summed E-state index contributed by atoms with van der Waals surface area (Å²) in [6.07, 6.45) is 1.55. The lowest BCUT2D eigenvalue weighted by Gasteiger charge is -2.27. The molecule has 0 radical (unpaired) electrons. The van der Waals surface area contributed by atoms with Gasteiger partial charge in [0.15, 0.2) is 0 Å². The van der Waals surface area contributed by atoms with Gasteiger partial charge in [0.05, 0.1) is 13.2 Å². The predicted molar refractivity (Wildman–Crippen MR) is 78.8 cm³/mol. The molecule has 1 saturated heterocycles. The number of nitrogens with zero attached hydrogens (tertiary/aromatic N) is 3. The maximum Gasteiger partial charge on any atom is 0.134 e. The third kappa shape index (κ3) is 3.66. The maximum atomic E-state index is 12.9. The van der Waals surface area contributed by atoms with Crippen molar-refractivity contribution in [2.45, 2.75) is 6.54 Å². The van der Waals surface area contributed by atoms with Gasteiger partial charge in [-0.05, 0) is 17.7 Å². The molecule has 1 aliphatic heterocycles. The van der Waals surface area contributed by atoms with Crippen LogP contribution in [0.3, 0.4) is 0 Å². The topological polar surface area (TPSA) is 50.3 Å². The Hall–Kier alpha value is -2.21. The minimum Gasteiger partial charge on any atom is -0.378 e. The summed E-state index contributed by atoms with van der Waals surface area (Å²) in [5.41, 5.74) is 1.00. The fourth-order valence-corrected chi connectivity index (χ4v) is 2.20. The summed E-state index contributed by atoms with van der Waals surface area (Å²) in [6, 6.07) is 8.35. The van der Waals surface area contributed by atoms with E-state index < -0.39 is 0 Å². The zero-order valence-electron chi connectivity index (χ0n) is 11.6. The molecule has 6 heteroatoms. The summed E-state index contributed by atoms with van der Waals surface area (Å²) in [5, 5.41) is 3.23. The highest BCUT2D eigenvalue weighted by atomic mass is 19.1. The fraction of sp³-hybridized carbons (Fsp3) is 0.333. The van der Waals surface area contributed by atoms with E-state index in [-0.39, 0.29) is 5.82 Å². The Morgan fingerprint density at radius 3 is 2.67 bits per heavy atom. The molecular weight excluding hydrogens is 271 g/mol. The minimum atomic E-state index is -0.226. The largest absolute Gasteiger partial charge is 0.378 e. The van der Waals surface area contributed by atoms with Crippen LogP contribution in [-0.4, -0.2) is 36.3 Å². The van der Waals surface area contributed by atoms with Crippen molar-refractivity contribution in [2.24, 2.45) is 0 Å². The molecule has 2 aromatic rings. The van der Waals surface area contributed by atoms with E-state index in [0.717, 1.165) is 43.5 Å². The van der Waals surface area contributed by atoms with Crippen LogP contribution < -0.4 is 10.2 Å². The Bertz CT molecular complexity index is 584. The summed E-state index contributed by atoms with van der Waals surface area (Å²) in [5.74, 6) is 1.43. The number of morpholine rings is 1. The van der Waals surface area contributed by atoms with Gasteiger partial charge in [-0.15, -0.1) is 0 Å². The van der Waals surface area contributed by atoms with Crippen molar-refractivity contribution < 1.29 is 9.13 Å². The molecule has 5 nitrogen and oxygen atoms in total. The molecule has 0 saturated carbocycles. The molecular formula is C15H17FN4O. The zero-order valence-corrected chi connectivity index (χ0v) is 11.6. The van der Waals surface area contributed by atoms with E-state index in [0.29, 0.717) is 6.54 Å². The number of halogens is 1. The van der Waals surface area contributed by atoms with Gasteiger partial charge in [0, 0.05) is 25.7 Å². The van der Waals surface area contributed by atoms with E-state index in [1.54, 1.807) is 18.5 Å². The number of benzene rings is 1. The molecule has 0 unspecified atom stereocenters. The van der Waals surface area contributed by atoms with Gasteiger partial charge < -0.3 is 15.0 Å². The standard InChI is InChI=1S/C15H17FN4O/c16-13-3-1-12(2-4-13)10-17-14-9-15(19-11-18-14)20-5-7-21-8-6-20/h1-4,9,11H,5-8,10H2,(H,17,18,19). The van der Waals surface area contributed by atoms with Crippen LogP contribution >= 0.6 is 0 Å². The molecule has 1 aromatic carbocycles. The number of anilines is 2. The first-order valence-electron chi connectivity index (χ1n) is 6.94. The second kappa shape index (κ2) is 6.49. The molecule has 0 spiro atoms. The van der Waals surface area contributed by atoms with Crippen molar-refractivity contribution in [3.63, 3.8) is 0 Å².